The van der Waals surface area contributed by atoms with Crippen LogP contribution in [0.1, 0.15) is 29.5 Å². The molecule has 0 amide bonds. The first-order valence-electron chi connectivity index (χ1n) is 7.63. The van der Waals surface area contributed by atoms with Crippen LogP contribution < -0.4 is 10.6 Å². The van der Waals surface area contributed by atoms with Gasteiger partial charge in [-0.3, -0.25) is 0 Å². The van der Waals surface area contributed by atoms with Gasteiger partial charge in [0, 0.05) is 6.54 Å². The van der Waals surface area contributed by atoms with E-state index in [4.69, 9.17) is 0 Å². The maximum Gasteiger partial charge on any atom is 0.0137 e. The van der Waals surface area contributed by atoms with Crippen molar-refractivity contribution in [2.24, 2.45) is 0 Å². The van der Waals surface area contributed by atoms with Crippen molar-refractivity contribution in [1.82, 2.24) is 10.6 Å². The van der Waals surface area contributed by atoms with Crippen LogP contribution in [0.2, 0.25) is 0 Å². The highest BCUT2D eigenvalue weighted by atomic mass is 14.8. The molecule has 2 rings (SSSR count). The molecule has 2 heteroatoms. The Morgan fingerprint density at radius 2 is 2.20 bits per heavy atom. The second-order valence-electron chi connectivity index (χ2n) is 5.38. The van der Waals surface area contributed by atoms with Gasteiger partial charge in [-0.1, -0.05) is 36.4 Å². The Morgan fingerprint density at radius 3 is 3.05 bits per heavy atom. The molecule has 0 unspecified atom stereocenters. The highest BCUT2D eigenvalue weighted by molar-refractivity contribution is 5.70. The molecule has 2 nitrogen and oxygen atoms in total. The van der Waals surface area contributed by atoms with E-state index in [1.807, 2.05) is 7.05 Å². The molecule has 1 aromatic carbocycles. The molecule has 0 spiro atoms. The SMILES string of the molecule is CNCCc1c(C)cccc1C1=CC=CCNCCC1. The Bertz CT molecular complexity index is 486. The van der Waals surface area contributed by atoms with E-state index in [1.54, 1.807) is 0 Å². The summed E-state index contributed by atoms with van der Waals surface area (Å²) in [5.41, 5.74) is 5.81. The van der Waals surface area contributed by atoms with Crippen LogP contribution in [0, 0.1) is 6.92 Å². The Labute approximate surface area is 123 Å². The number of rotatable bonds is 4. The Hall–Kier alpha value is -1.38. The summed E-state index contributed by atoms with van der Waals surface area (Å²) in [7, 11) is 2.02. The summed E-state index contributed by atoms with van der Waals surface area (Å²) in [6.45, 7) is 5.33. The van der Waals surface area contributed by atoms with Crippen molar-refractivity contribution in [2.75, 3.05) is 26.7 Å². The second-order valence-corrected chi connectivity index (χ2v) is 5.38. The van der Waals surface area contributed by atoms with Gasteiger partial charge < -0.3 is 10.6 Å². The van der Waals surface area contributed by atoms with E-state index in [1.165, 1.54) is 28.7 Å². The van der Waals surface area contributed by atoms with Crippen LogP contribution >= 0.6 is 0 Å². The summed E-state index contributed by atoms with van der Waals surface area (Å²) in [6, 6.07) is 6.69. The first-order valence-corrected chi connectivity index (χ1v) is 7.63. The van der Waals surface area contributed by atoms with Crippen LogP contribution in [0.15, 0.2) is 36.4 Å². The number of hydrogen-bond acceptors (Lipinski definition) is 2. The summed E-state index contributed by atoms with van der Waals surface area (Å²) in [6.07, 6.45) is 10.1. The maximum atomic E-state index is 3.43. The molecule has 1 aromatic rings. The maximum absolute atomic E-state index is 3.43. The molecule has 0 saturated carbocycles. The minimum atomic E-state index is 0.976. The summed E-state index contributed by atoms with van der Waals surface area (Å²) in [5.74, 6) is 0. The molecule has 1 aliphatic rings. The van der Waals surface area contributed by atoms with Crippen molar-refractivity contribution < 1.29 is 0 Å². The van der Waals surface area contributed by atoms with Crippen molar-refractivity contribution in [1.29, 1.82) is 0 Å². The Morgan fingerprint density at radius 1 is 1.30 bits per heavy atom. The normalized spacial score (nSPS) is 16.2. The largest absolute Gasteiger partial charge is 0.319 e. The molecule has 1 aliphatic heterocycles. The zero-order valence-corrected chi connectivity index (χ0v) is 12.7. The molecule has 0 bridgehead atoms. The van der Waals surface area contributed by atoms with E-state index < -0.39 is 0 Å². The van der Waals surface area contributed by atoms with Gasteiger partial charge in [0.25, 0.3) is 0 Å². The fraction of sp³-hybridized carbons (Fsp3) is 0.444. The van der Waals surface area contributed by atoms with Crippen LogP contribution in [0.4, 0.5) is 0 Å². The third-order valence-electron chi connectivity index (χ3n) is 3.88. The molecule has 2 N–H and O–H groups in total. The number of aryl methyl sites for hydroxylation is 1. The summed E-state index contributed by atoms with van der Waals surface area (Å²) in [5, 5.41) is 6.69. The predicted octanol–water partition coefficient (Wildman–Crippen LogP) is 3.08. The molecule has 1 heterocycles. The van der Waals surface area contributed by atoms with Gasteiger partial charge in [-0.25, -0.2) is 0 Å². The average molecular weight is 270 g/mol. The first kappa shape index (κ1) is 15.0. The van der Waals surface area contributed by atoms with Gasteiger partial charge in [0.1, 0.15) is 0 Å². The van der Waals surface area contributed by atoms with Gasteiger partial charge in [-0.05, 0) is 68.6 Å². The fourth-order valence-corrected chi connectivity index (χ4v) is 2.73. The number of likely N-dealkylation sites (N-methyl/N-ethyl adjacent to an activating group) is 1. The van der Waals surface area contributed by atoms with Gasteiger partial charge in [0.2, 0.25) is 0 Å². The molecule has 108 valence electrons. The van der Waals surface area contributed by atoms with E-state index >= 15 is 0 Å². The fourth-order valence-electron chi connectivity index (χ4n) is 2.73. The van der Waals surface area contributed by atoms with Gasteiger partial charge in [-0.2, -0.15) is 0 Å². The third kappa shape index (κ3) is 4.06. The number of allylic oxidation sites excluding steroid dienone is 3. The van der Waals surface area contributed by atoms with Crippen LogP contribution in [0.25, 0.3) is 5.57 Å². The highest BCUT2D eigenvalue weighted by Crippen LogP contribution is 2.26. The van der Waals surface area contributed by atoms with Crippen LogP contribution in [-0.2, 0) is 6.42 Å². The number of hydrogen-bond donors (Lipinski definition) is 2. The van der Waals surface area contributed by atoms with Crippen molar-refractivity contribution in [2.45, 2.75) is 26.2 Å². The smallest absolute Gasteiger partial charge is 0.0137 e. The lowest BCUT2D eigenvalue weighted by Gasteiger charge is -2.15. The molecule has 20 heavy (non-hydrogen) atoms. The molecular weight excluding hydrogens is 244 g/mol. The standard InChI is InChI=1S/C18H26N2/c1-15-7-5-10-18(17(15)11-14-19-2)16-8-3-4-12-20-13-6-9-16/h3-5,7-8,10,19-20H,6,9,11-14H2,1-2H3. The molecular formula is C18H26N2. The lowest BCUT2D eigenvalue weighted by molar-refractivity contribution is 0.706. The number of nitrogens with one attached hydrogen (secondary N) is 2. The molecule has 0 atom stereocenters. The van der Waals surface area contributed by atoms with Gasteiger partial charge >= 0.3 is 0 Å². The quantitative estimate of drug-likeness (QED) is 0.878. The van der Waals surface area contributed by atoms with E-state index in [0.717, 1.165) is 32.5 Å². The first-order chi connectivity index (χ1) is 9.83. The minimum absolute atomic E-state index is 0.976. The van der Waals surface area contributed by atoms with Crippen molar-refractivity contribution in [3.8, 4) is 0 Å². The van der Waals surface area contributed by atoms with Crippen molar-refractivity contribution >= 4 is 5.57 Å². The predicted molar refractivity (Wildman–Crippen MR) is 88.0 cm³/mol. The second kappa shape index (κ2) is 8.03. The lowest BCUT2D eigenvalue weighted by atomic mass is 9.91. The van der Waals surface area contributed by atoms with Crippen molar-refractivity contribution in [3.63, 3.8) is 0 Å². The molecule has 0 aromatic heterocycles. The summed E-state index contributed by atoms with van der Waals surface area (Å²) < 4.78 is 0. The van der Waals surface area contributed by atoms with Gasteiger partial charge in [0.05, 0.1) is 0 Å². The van der Waals surface area contributed by atoms with E-state index in [9.17, 15) is 0 Å². The highest BCUT2D eigenvalue weighted by Gasteiger charge is 2.09. The Kier molecular flexibility index (Phi) is 6.03. The van der Waals surface area contributed by atoms with E-state index in [0.29, 0.717) is 0 Å². The van der Waals surface area contributed by atoms with E-state index in [-0.39, 0.29) is 0 Å². The van der Waals surface area contributed by atoms with Crippen molar-refractivity contribution in [3.05, 3.63) is 53.1 Å². The molecule has 0 fully saturated rings. The average Bonchev–Trinajstić information content (AvgIpc) is 2.59. The van der Waals surface area contributed by atoms with Gasteiger partial charge in [0.15, 0.2) is 0 Å². The monoisotopic (exact) mass is 270 g/mol. The molecule has 0 radical (unpaired) electrons. The third-order valence-corrected chi connectivity index (χ3v) is 3.88. The minimum Gasteiger partial charge on any atom is -0.319 e. The van der Waals surface area contributed by atoms with Crippen LogP contribution in [0.5, 0.6) is 0 Å². The van der Waals surface area contributed by atoms with Crippen LogP contribution in [-0.4, -0.2) is 26.7 Å². The Balaban J connectivity index is 2.31. The summed E-state index contributed by atoms with van der Waals surface area (Å²) >= 11 is 0. The zero-order chi connectivity index (χ0) is 14.2. The topological polar surface area (TPSA) is 24.1 Å². The molecule has 0 aliphatic carbocycles. The summed E-state index contributed by atoms with van der Waals surface area (Å²) in [4.78, 5) is 0. The lowest BCUT2D eigenvalue weighted by Crippen LogP contribution is -2.14. The number of benzene rings is 1. The van der Waals surface area contributed by atoms with E-state index in [2.05, 4.69) is 54.0 Å². The zero-order valence-electron chi connectivity index (χ0n) is 12.7. The molecule has 0 saturated heterocycles. The van der Waals surface area contributed by atoms with Gasteiger partial charge in [-0.15, -0.1) is 0 Å². The van der Waals surface area contributed by atoms with Crippen LogP contribution in [0.3, 0.4) is 0 Å².